The Morgan fingerprint density at radius 3 is 0.948 bits per heavy atom. The molecular weight excluding hydrogens is 733 g/mol. The fourth-order valence-corrected chi connectivity index (χ4v) is 6.78. The third kappa shape index (κ3) is 13.9. The Labute approximate surface area is 342 Å². The molecule has 4 amide bonds. The van der Waals surface area contributed by atoms with E-state index in [-0.39, 0.29) is 37.5 Å². The molecule has 0 bridgehead atoms. The molecule has 310 valence electrons. The Morgan fingerprint density at radius 2 is 0.690 bits per heavy atom. The number of amides is 4. The van der Waals surface area contributed by atoms with Crippen LogP contribution in [0.15, 0.2) is 121 Å². The number of nitrogens with one attached hydrogen (secondary N) is 4. The van der Waals surface area contributed by atoms with Crippen molar-refractivity contribution >= 4 is 23.6 Å². The Balaban J connectivity index is 1.56. The third-order valence-corrected chi connectivity index (χ3v) is 10.2. The quantitative estimate of drug-likeness (QED) is 0.0628. The van der Waals surface area contributed by atoms with Crippen LogP contribution in [0.5, 0.6) is 0 Å². The van der Waals surface area contributed by atoms with Crippen LogP contribution in [-0.4, -0.2) is 82.3 Å². The number of rotatable bonds is 21. The van der Waals surface area contributed by atoms with Crippen molar-refractivity contribution in [1.29, 1.82) is 0 Å². The van der Waals surface area contributed by atoms with Crippen LogP contribution >= 0.6 is 0 Å². The van der Waals surface area contributed by atoms with E-state index in [0.717, 1.165) is 22.3 Å². The standard InChI is InChI=1S/C46H60N6O6/c1-29(2)39(51-43(55)35(47)25-31-17-9-5-10-18-31)45(57)49-37(27-33-21-13-7-14-22-33)41(53)42(54)38(28-34-23-15-8-16-24-34)50-46(58)40(30(3)4)52-44(56)36(48)26-32-19-11-6-12-20-32/h5-24,29-30,35-42,53-54H,25-28,47-48H2,1-4H3,(H,49,57)(H,50,58)(H,51,55)(H,52,56)/t35-,36-,37-,38-,39-,40-,41-,42+/m0/s1. The van der Waals surface area contributed by atoms with E-state index in [2.05, 4.69) is 21.3 Å². The van der Waals surface area contributed by atoms with Crippen molar-refractivity contribution in [2.24, 2.45) is 23.3 Å². The molecule has 0 aliphatic rings. The Bertz CT molecular complexity index is 1730. The predicted molar refractivity (Wildman–Crippen MR) is 226 cm³/mol. The Kier molecular flexibility index (Phi) is 17.6. The van der Waals surface area contributed by atoms with E-state index in [1.807, 2.05) is 121 Å². The number of nitrogens with two attached hydrogens (primary N) is 2. The first-order chi connectivity index (χ1) is 27.7. The van der Waals surface area contributed by atoms with Crippen molar-refractivity contribution < 1.29 is 29.4 Å². The van der Waals surface area contributed by atoms with Crippen LogP contribution in [0.25, 0.3) is 0 Å². The smallest absolute Gasteiger partial charge is 0.243 e. The van der Waals surface area contributed by atoms with Gasteiger partial charge in [-0.05, 0) is 59.8 Å². The lowest BCUT2D eigenvalue weighted by molar-refractivity contribution is -0.133. The molecule has 4 rings (SSSR count). The number of aliphatic hydroxyl groups is 2. The van der Waals surface area contributed by atoms with Gasteiger partial charge in [0.2, 0.25) is 23.6 Å². The van der Waals surface area contributed by atoms with Crippen molar-refractivity contribution in [3.63, 3.8) is 0 Å². The van der Waals surface area contributed by atoms with E-state index >= 15 is 0 Å². The first-order valence-corrected chi connectivity index (χ1v) is 20.0. The minimum atomic E-state index is -1.60. The van der Waals surface area contributed by atoms with Crippen molar-refractivity contribution in [2.75, 3.05) is 0 Å². The summed E-state index contributed by atoms with van der Waals surface area (Å²) in [6.45, 7) is 7.15. The average Bonchev–Trinajstić information content (AvgIpc) is 3.21. The summed E-state index contributed by atoms with van der Waals surface area (Å²) in [6, 6.07) is 31.0. The van der Waals surface area contributed by atoms with Gasteiger partial charge in [-0.1, -0.05) is 149 Å². The topological polar surface area (TPSA) is 209 Å². The summed E-state index contributed by atoms with van der Waals surface area (Å²) in [7, 11) is 0. The van der Waals surface area contributed by atoms with Gasteiger partial charge < -0.3 is 42.9 Å². The maximum atomic E-state index is 14.0. The molecule has 0 fully saturated rings. The summed E-state index contributed by atoms with van der Waals surface area (Å²) in [5, 5.41) is 35.4. The molecule has 12 nitrogen and oxygen atoms in total. The van der Waals surface area contributed by atoms with E-state index in [9.17, 15) is 29.4 Å². The van der Waals surface area contributed by atoms with Crippen LogP contribution in [0.2, 0.25) is 0 Å². The lowest BCUT2D eigenvalue weighted by atomic mass is 9.90. The lowest BCUT2D eigenvalue weighted by Crippen LogP contribution is -2.62. The van der Waals surface area contributed by atoms with Gasteiger partial charge in [-0.3, -0.25) is 19.2 Å². The minimum Gasteiger partial charge on any atom is -0.388 e. The van der Waals surface area contributed by atoms with Crippen LogP contribution < -0.4 is 32.7 Å². The fraction of sp³-hybridized carbons (Fsp3) is 0.391. The van der Waals surface area contributed by atoms with E-state index in [1.165, 1.54) is 0 Å². The van der Waals surface area contributed by atoms with Gasteiger partial charge in [-0.15, -0.1) is 0 Å². The first-order valence-electron chi connectivity index (χ1n) is 20.0. The van der Waals surface area contributed by atoms with Crippen LogP contribution in [0.1, 0.15) is 49.9 Å². The van der Waals surface area contributed by atoms with Gasteiger partial charge in [0.05, 0.1) is 24.2 Å². The second-order valence-electron chi connectivity index (χ2n) is 15.6. The van der Waals surface area contributed by atoms with Crippen LogP contribution in [0, 0.1) is 11.8 Å². The molecule has 0 heterocycles. The van der Waals surface area contributed by atoms with E-state index in [1.54, 1.807) is 27.7 Å². The highest BCUT2D eigenvalue weighted by Crippen LogP contribution is 2.17. The van der Waals surface area contributed by atoms with Gasteiger partial charge in [0.25, 0.3) is 0 Å². The number of carbonyl (C=O) groups excluding carboxylic acids is 4. The maximum Gasteiger partial charge on any atom is 0.243 e. The second kappa shape index (κ2) is 22.5. The molecule has 8 atom stereocenters. The monoisotopic (exact) mass is 792 g/mol. The normalized spacial score (nSPS) is 15.6. The van der Waals surface area contributed by atoms with Crippen molar-refractivity contribution in [2.45, 2.75) is 102 Å². The summed E-state index contributed by atoms with van der Waals surface area (Å²) in [5.74, 6) is -2.86. The zero-order valence-corrected chi connectivity index (χ0v) is 33.8. The molecule has 0 aromatic heterocycles. The minimum absolute atomic E-state index is 0.118. The molecule has 4 aromatic rings. The SMILES string of the molecule is CC(C)[C@H](NC(=O)[C@@H](N)Cc1ccccc1)C(=O)N[C@@H](Cc1ccccc1)[C@H](O)[C@H](O)[C@H](Cc1ccccc1)NC(=O)[C@@H](NC(=O)[C@@H](N)Cc1ccccc1)C(C)C. The highest BCUT2D eigenvalue weighted by atomic mass is 16.3. The van der Waals surface area contributed by atoms with Gasteiger partial charge in [0.1, 0.15) is 24.3 Å². The first kappa shape index (κ1) is 45.3. The molecule has 58 heavy (non-hydrogen) atoms. The van der Waals surface area contributed by atoms with Gasteiger partial charge in [-0.2, -0.15) is 0 Å². The number of hydrogen-bond acceptors (Lipinski definition) is 8. The third-order valence-electron chi connectivity index (χ3n) is 10.2. The molecule has 0 spiro atoms. The molecular formula is C46H60N6O6. The number of hydrogen-bond donors (Lipinski definition) is 8. The molecule has 4 aromatic carbocycles. The van der Waals surface area contributed by atoms with Crippen LogP contribution in [-0.2, 0) is 44.9 Å². The molecule has 0 radical (unpaired) electrons. The zero-order chi connectivity index (χ0) is 42.2. The van der Waals surface area contributed by atoms with Gasteiger partial charge >= 0.3 is 0 Å². The predicted octanol–water partition coefficient (Wildman–Crippen LogP) is 2.58. The molecule has 0 saturated heterocycles. The summed E-state index contributed by atoms with van der Waals surface area (Å²) < 4.78 is 0. The number of carbonyl (C=O) groups is 4. The van der Waals surface area contributed by atoms with E-state index in [0.29, 0.717) is 0 Å². The highest BCUT2D eigenvalue weighted by Gasteiger charge is 2.38. The van der Waals surface area contributed by atoms with Crippen LogP contribution in [0.4, 0.5) is 0 Å². The molecule has 12 heteroatoms. The van der Waals surface area contributed by atoms with Gasteiger partial charge in [0, 0.05) is 0 Å². The van der Waals surface area contributed by atoms with Crippen molar-refractivity contribution in [3.05, 3.63) is 144 Å². The summed E-state index contributed by atoms with van der Waals surface area (Å²) in [4.78, 5) is 54.6. The van der Waals surface area contributed by atoms with E-state index in [4.69, 9.17) is 11.5 Å². The number of aliphatic hydroxyl groups excluding tert-OH is 2. The zero-order valence-electron chi connectivity index (χ0n) is 33.8. The van der Waals surface area contributed by atoms with Crippen molar-refractivity contribution in [3.8, 4) is 0 Å². The van der Waals surface area contributed by atoms with E-state index < -0.39 is 72.1 Å². The molecule has 0 saturated carbocycles. The van der Waals surface area contributed by atoms with Gasteiger partial charge in [0.15, 0.2) is 0 Å². The molecule has 10 N–H and O–H groups in total. The summed E-state index contributed by atoms with van der Waals surface area (Å²) in [5.41, 5.74) is 15.8. The Hall–Kier alpha value is -5.40. The molecule has 0 unspecified atom stereocenters. The maximum absolute atomic E-state index is 14.0. The summed E-state index contributed by atoms with van der Waals surface area (Å²) in [6.07, 6.45) is -2.42. The molecule has 0 aliphatic carbocycles. The Morgan fingerprint density at radius 1 is 0.431 bits per heavy atom. The second-order valence-corrected chi connectivity index (χ2v) is 15.6. The summed E-state index contributed by atoms with van der Waals surface area (Å²) >= 11 is 0. The molecule has 0 aliphatic heterocycles. The van der Waals surface area contributed by atoms with Crippen LogP contribution in [0.3, 0.4) is 0 Å². The van der Waals surface area contributed by atoms with Gasteiger partial charge in [-0.25, -0.2) is 0 Å². The average molecular weight is 793 g/mol. The highest BCUT2D eigenvalue weighted by molar-refractivity contribution is 5.91. The van der Waals surface area contributed by atoms with Crippen molar-refractivity contribution in [1.82, 2.24) is 21.3 Å². The lowest BCUT2D eigenvalue weighted by Gasteiger charge is -2.35. The largest absolute Gasteiger partial charge is 0.388 e. The fourth-order valence-electron chi connectivity index (χ4n) is 6.78. The number of benzene rings is 4.